The summed E-state index contributed by atoms with van der Waals surface area (Å²) in [7, 11) is 0. The Morgan fingerprint density at radius 1 is 1.53 bits per heavy atom. The molecule has 0 saturated carbocycles. The predicted octanol–water partition coefficient (Wildman–Crippen LogP) is 3.14. The van der Waals surface area contributed by atoms with E-state index < -0.39 is 11.9 Å². The lowest BCUT2D eigenvalue weighted by atomic mass is 9.90. The second kappa shape index (κ2) is 5.63. The van der Waals surface area contributed by atoms with Crippen LogP contribution in [0.25, 0.3) is 0 Å². The van der Waals surface area contributed by atoms with Crippen molar-refractivity contribution in [3.05, 3.63) is 20.3 Å². The molecule has 0 unspecified atom stereocenters. The number of carbonyl (C=O) groups is 2. The smallest absolute Gasteiger partial charge is 0.308 e. The Bertz CT molecular complexity index is 514. The van der Waals surface area contributed by atoms with Crippen LogP contribution >= 0.6 is 27.3 Å². The molecular formula is C13H16BrNO3S. The first-order valence-electron chi connectivity index (χ1n) is 6.21. The van der Waals surface area contributed by atoms with Crippen molar-refractivity contribution in [1.82, 2.24) is 4.90 Å². The van der Waals surface area contributed by atoms with Gasteiger partial charge in [-0.15, -0.1) is 11.3 Å². The lowest BCUT2D eigenvalue weighted by Gasteiger charge is -2.37. The molecule has 2 heterocycles. The summed E-state index contributed by atoms with van der Waals surface area (Å²) in [6, 6.07) is 1.60. The summed E-state index contributed by atoms with van der Waals surface area (Å²) in [5.74, 6) is -1.35. The van der Waals surface area contributed by atoms with Gasteiger partial charge < -0.3 is 10.0 Å². The lowest BCUT2D eigenvalue weighted by Crippen LogP contribution is -2.49. The van der Waals surface area contributed by atoms with Crippen molar-refractivity contribution in [3.63, 3.8) is 0 Å². The third-order valence-corrected chi connectivity index (χ3v) is 5.36. The van der Waals surface area contributed by atoms with Crippen molar-refractivity contribution in [2.75, 3.05) is 6.54 Å². The second-order valence-corrected chi connectivity index (χ2v) is 7.44. The van der Waals surface area contributed by atoms with E-state index in [4.69, 9.17) is 0 Å². The van der Waals surface area contributed by atoms with Crippen LogP contribution in [0.4, 0.5) is 0 Å². The summed E-state index contributed by atoms with van der Waals surface area (Å²) in [5, 5.41) is 9.19. The fraction of sp³-hybridized carbons (Fsp3) is 0.538. The van der Waals surface area contributed by atoms with Crippen LogP contribution in [0.1, 0.15) is 35.0 Å². The molecule has 1 fully saturated rings. The summed E-state index contributed by atoms with van der Waals surface area (Å²) in [6.07, 6.45) is 1.39. The Kier molecular flexibility index (Phi) is 4.30. The number of nitrogens with zero attached hydrogens (tertiary/aromatic N) is 1. The van der Waals surface area contributed by atoms with Crippen LogP contribution in [0, 0.1) is 12.8 Å². The summed E-state index contributed by atoms with van der Waals surface area (Å²) >= 11 is 4.93. The zero-order chi connectivity index (χ0) is 14.2. The van der Waals surface area contributed by atoms with Crippen LogP contribution in [0.15, 0.2) is 9.85 Å². The molecule has 0 aliphatic carbocycles. The highest BCUT2D eigenvalue weighted by Gasteiger charge is 2.36. The molecule has 2 atom stereocenters. The molecule has 0 bridgehead atoms. The van der Waals surface area contributed by atoms with Crippen LogP contribution < -0.4 is 0 Å². The van der Waals surface area contributed by atoms with Gasteiger partial charge in [-0.2, -0.15) is 0 Å². The van der Waals surface area contributed by atoms with Gasteiger partial charge in [0.25, 0.3) is 5.91 Å². The fourth-order valence-corrected chi connectivity index (χ4v) is 4.31. The van der Waals surface area contributed by atoms with E-state index in [1.165, 1.54) is 11.3 Å². The highest BCUT2D eigenvalue weighted by Crippen LogP contribution is 2.31. The first kappa shape index (κ1) is 14.5. The molecule has 1 saturated heterocycles. The maximum absolute atomic E-state index is 12.5. The maximum Gasteiger partial charge on any atom is 0.308 e. The van der Waals surface area contributed by atoms with Crippen molar-refractivity contribution in [2.45, 2.75) is 32.7 Å². The van der Waals surface area contributed by atoms with Crippen molar-refractivity contribution >= 4 is 39.1 Å². The van der Waals surface area contributed by atoms with Gasteiger partial charge in [-0.05, 0) is 48.7 Å². The SMILES string of the molecule is Cc1cc(C(=O)N2CCC[C@@H](C(=O)O)[C@H]2C)c(Br)s1. The van der Waals surface area contributed by atoms with E-state index >= 15 is 0 Å². The number of thiophene rings is 1. The van der Waals surface area contributed by atoms with Crippen LogP contribution in [-0.2, 0) is 4.79 Å². The van der Waals surface area contributed by atoms with E-state index in [-0.39, 0.29) is 11.9 Å². The number of aryl methyl sites for hydroxylation is 1. The minimum atomic E-state index is -0.814. The molecule has 1 aromatic rings. The Morgan fingerprint density at radius 3 is 2.74 bits per heavy atom. The topological polar surface area (TPSA) is 57.6 Å². The quantitative estimate of drug-likeness (QED) is 0.895. The van der Waals surface area contributed by atoms with Crippen LogP contribution in [0.2, 0.25) is 0 Å². The summed E-state index contributed by atoms with van der Waals surface area (Å²) in [4.78, 5) is 26.5. The molecule has 2 rings (SSSR count). The molecule has 1 aromatic heterocycles. The highest BCUT2D eigenvalue weighted by molar-refractivity contribution is 9.11. The van der Waals surface area contributed by atoms with Crippen LogP contribution in [-0.4, -0.2) is 34.5 Å². The number of aliphatic carboxylic acids is 1. The third kappa shape index (κ3) is 2.84. The van der Waals surface area contributed by atoms with Crippen LogP contribution in [0.3, 0.4) is 0 Å². The number of piperidine rings is 1. The number of halogens is 1. The number of rotatable bonds is 2. The van der Waals surface area contributed by atoms with Gasteiger partial charge in [0.05, 0.1) is 15.3 Å². The molecule has 104 valence electrons. The van der Waals surface area contributed by atoms with E-state index in [2.05, 4.69) is 15.9 Å². The maximum atomic E-state index is 12.5. The van der Waals surface area contributed by atoms with Gasteiger partial charge in [-0.1, -0.05) is 0 Å². The van der Waals surface area contributed by atoms with E-state index in [1.807, 2.05) is 19.9 Å². The summed E-state index contributed by atoms with van der Waals surface area (Å²) in [6.45, 7) is 4.40. The molecule has 1 aliphatic rings. The number of carbonyl (C=O) groups excluding carboxylic acids is 1. The highest BCUT2D eigenvalue weighted by atomic mass is 79.9. The Hall–Kier alpha value is -0.880. The van der Waals surface area contributed by atoms with Gasteiger partial charge in [0, 0.05) is 17.5 Å². The van der Waals surface area contributed by atoms with Gasteiger partial charge in [-0.25, -0.2) is 0 Å². The first-order chi connectivity index (χ1) is 8.91. The van der Waals surface area contributed by atoms with Crippen LogP contribution in [0.5, 0.6) is 0 Å². The van der Waals surface area contributed by atoms with E-state index in [9.17, 15) is 14.7 Å². The Balaban J connectivity index is 2.23. The number of hydrogen-bond donors (Lipinski definition) is 1. The molecule has 1 amide bonds. The second-order valence-electron chi connectivity index (χ2n) is 4.87. The standard InChI is InChI=1S/C13H16BrNO3S/c1-7-6-10(11(14)19-7)12(16)15-5-3-4-9(8(15)2)13(17)18/h6,8-9H,3-5H2,1-2H3,(H,17,18)/t8-,9-/m1/s1. The molecular weight excluding hydrogens is 330 g/mol. The molecule has 19 heavy (non-hydrogen) atoms. The average molecular weight is 346 g/mol. The molecule has 6 heteroatoms. The Morgan fingerprint density at radius 2 is 2.21 bits per heavy atom. The van der Waals surface area contributed by atoms with Gasteiger partial charge in [0.1, 0.15) is 0 Å². The van der Waals surface area contributed by atoms with E-state index in [1.54, 1.807) is 4.90 Å². The van der Waals surface area contributed by atoms with Crippen molar-refractivity contribution in [1.29, 1.82) is 0 Å². The third-order valence-electron chi connectivity index (χ3n) is 3.61. The zero-order valence-electron chi connectivity index (χ0n) is 10.9. The van der Waals surface area contributed by atoms with Gasteiger partial charge in [-0.3, -0.25) is 9.59 Å². The fourth-order valence-electron chi connectivity index (χ4n) is 2.55. The van der Waals surface area contributed by atoms with Gasteiger partial charge in [0.2, 0.25) is 0 Å². The summed E-state index contributed by atoms with van der Waals surface area (Å²) in [5.41, 5.74) is 0.639. The normalized spacial score (nSPS) is 23.4. The first-order valence-corrected chi connectivity index (χ1v) is 7.82. The molecule has 1 N–H and O–H groups in total. The number of amides is 1. The van der Waals surface area contributed by atoms with Gasteiger partial charge >= 0.3 is 5.97 Å². The minimum Gasteiger partial charge on any atom is -0.481 e. The Labute approximate surface area is 124 Å². The number of carboxylic acids is 1. The van der Waals surface area contributed by atoms with E-state index in [0.29, 0.717) is 18.5 Å². The van der Waals surface area contributed by atoms with Crippen molar-refractivity contribution in [3.8, 4) is 0 Å². The van der Waals surface area contributed by atoms with E-state index in [0.717, 1.165) is 15.1 Å². The molecule has 1 aliphatic heterocycles. The van der Waals surface area contributed by atoms with Gasteiger partial charge in [0.15, 0.2) is 0 Å². The number of hydrogen-bond acceptors (Lipinski definition) is 3. The lowest BCUT2D eigenvalue weighted by molar-refractivity contribution is -0.144. The summed E-state index contributed by atoms with van der Waals surface area (Å²) < 4.78 is 0.819. The molecule has 4 nitrogen and oxygen atoms in total. The average Bonchev–Trinajstić information content (AvgIpc) is 2.67. The zero-order valence-corrected chi connectivity index (χ0v) is 13.3. The van der Waals surface area contributed by atoms with Crippen molar-refractivity contribution in [2.24, 2.45) is 5.92 Å². The predicted molar refractivity (Wildman–Crippen MR) is 77.6 cm³/mol. The molecule has 0 spiro atoms. The monoisotopic (exact) mass is 345 g/mol. The number of carboxylic acid groups (broad SMARTS) is 1. The number of likely N-dealkylation sites (tertiary alicyclic amines) is 1. The molecule has 0 aromatic carbocycles. The minimum absolute atomic E-state index is 0.0744. The van der Waals surface area contributed by atoms with Crippen molar-refractivity contribution < 1.29 is 14.7 Å². The molecule has 0 radical (unpaired) electrons. The largest absolute Gasteiger partial charge is 0.481 e.